The summed E-state index contributed by atoms with van der Waals surface area (Å²) in [6.45, 7) is 1.72. The summed E-state index contributed by atoms with van der Waals surface area (Å²) < 4.78 is 0. The van der Waals surface area contributed by atoms with E-state index >= 15 is 0 Å². The second kappa shape index (κ2) is 4.49. The van der Waals surface area contributed by atoms with E-state index in [1.54, 1.807) is 0 Å². The van der Waals surface area contributed by atoms with Crippen molar-refractivity contribution in [1.29, 1.82) is 0 Å². The first-order valence-electron chi connectivity index (χ1n) is 5.87. The van der Waals surface area contributed by atoms with E-state index in [1.807, 2.05) is 0 Å². The fourth-order valence-corrected chi connectivity index (χ4v) is 2.18. The number of piperidine rings is 1. The molecule has 1 amide bonds. The van der Waals surface area contributed by atoms with Gasteiger partial charge in [-0.1, -0.05) is 0 Å². The third-order valence-electron chi connectivity index (χ3n) is 3.35. The van der Waals surface area contributed by atoms with Crippen molar-refractivity contribution in [3.05, 3.63) is 0 Å². The van der Waals surface area contributed by atoms with Gasteiger partial charge in [0.05, 0.1) is 12.1 Å². The molecule has 1 saturated heterocycles. The molecule has 0 aromatic carbocycles. The third kappa shape index (κ3) is 2.92. The molecule has 0 spiro atoms. The summed E-state index contributed by atoms with van der Waals surface area (Å²) in [7, 11) is 0. The smallest absolute Gasteiger partial charge is 0.220 e. The number of aliphatic hydroxyl groups is 1. The normalized spacial score (nSPS) is 31.3. The molecule has 2 aliphatic rings. The molecular weight excluding hydrogens is 192 g/mol. The van der Waals surface area contributed by atoms with Gasteiger partial charge >= 0.3 is 0 Å². The average molecular weight is 212 g/mol. The van der Waals surface area contributed by atoms with Crippen molar-refractivity contribution in [2.75, 3.05) is 19.7 Å². The predicted molar refractivity (Wildman–Crippen MR) is 57.4 cm³/mol. The fraction of sp³-hybridized carbons (Fsp3) is 0.909. The van der Waals surface area contributed by atoms with Crippen LogP contribution in [-0.4, -0.2) is 36.2 Å². The second-order valence-corrected chi connectivity index (χ2v) is 4.91. The van der Waals surface area contributed by atoms with Crippen LogP contribution in [0.4, 0.5) is 0 Å². The Morgan fingerprint density at radius 2 is 2.33 bits per heavy atom. The molecule has 4 nitrogen and oxygen atoms in total. The van der Waals surface area contributed by atoms with E-state index in [4.69, 9.17) is 0 Å². The quantitative estimate of drug-likeness (QED) is 0.615. The van der Waals surface area contributed by atoms with Crippen LogP contribution in [0.25, 0.3) is 0 Å². The Hall–Kier alpha value is -0.610. The third-order valence-corrected chi connectivity index (χ3v) is 3.35. The van der Waals surface area contributed by atoms with Crippen molar-refractivity contribution in [1.82, 2.24) is 10.6 Å². The first kappa shape index (κ1) is 10.9. The van der Waals surface area contributed by atoms with E-state index in [2.05, 4.69) is 10.6 Å². The van der Waals surface area contributed by atoms with Crippen LogP contribution in [0, 0.1) is 5.92 Å². The Bertz CT molecular complexity index is 233. The second-order valence-electron chi connectivity index (χ2n) is 4.91. The molecule has 0 aromatic heterocycles. The van der Waals surface area contributed by atoms with Gasteiger partial charge in [-0.15, -0.1) is 0 Å². The Kier molecular flexibility index (Phi) is 3.26. The van der Waals surface area contributed by atoms with Gasteiger partial charge in [-0.2, -0.15) is 0 Å². The Morgan fingerprint density at radius 1 is 1.53 bits per heavy atom. The van der Waals surface area contributed by atoms with E-state index in [-0.39, 0.29) is 12.5 Å². The standard InChI is InChI=1S/C11H20N2O2/c14-8-11(4-1-5-12-7-11)13-10(15)6-9-2-3-9/h9,12,14H,1-8H2,(H,13,15). The summed E-state index contributed by atoms with van der Waals surface area (Å²) in [6, 6.07) is 0. The largest absolute Gasteiger partial charge is 0.394 e. The number of carbonyl (C=O) groups excluding carboxylic acids is 1. The summed E-state index contributed by atoms with van der Waals surface area (Å²) in [6.07, 6.45) is 4.93. The molecule has 1 atom stereocenters. The SMILES string of the molecule is O=C(CC1CC1)NC1(CO)CCCNC1. The van der Waals surface area contributed by atoms with Gasteiger partial charge in [0.15, 0.2) is 0 Å². The van der Waals surface area contributed by atoms with Crippen molar-refractivity contribution in [2.45, 2.75) is 37.6 Å². The number of rotatable bonds is 4. The molecule has 1 unspecified atom stereocenters. The van der Waals surface area contributed by atoms with Gasteiger partial charge in [0.2, 0.25) is 5.91 Å². The lowest BCUT2D eigenvalue weighted by Crippen LogP contribution is -2.60. The summed E-state index contributed by atoms with van der Waals surface area (Å²) in [5.41, 5.74) is -0.399. The molecule has 2 fully saturated rings. The van der Waals surface area contributed by atoms with Crippen molar-refractivity contribution in [3.8, 4) is 0 Å². The van der Waals surface area contributed by atoms with Gasteiger partial charge in [-0.05, 0) is 38.1 Å². The topological polar surface area (TPSA) is 61.4 Å². The molecule has 2 rings (SSSR count). The van der Waals surface area contributed by atoms with Crippen LogP contribution in [0.3, 0.4) is 0 Å². The Labute approximate surface area is 90.4 Å². The predicted octanol–water partition coefficient (Wildman–Crippen LogP) is 0.0172. The van der Waals surface area contributed by atoms with Gasteiger partial charge in [-0.25, -0.2) is 0 Å². The number of carbonyl (C=O) groups is 1. The van der Waals surface area contributed by atoms with E-state index in [0.29, 0.717) is 18.9 Å². The Balaban J connectivity index is 1.84. The van der Waals surface area contributed by atoms with Crippen molar-refractivity contribution < 1.29 is 9.90 Å². The zero-order valence-electron chi connectivity index (χ0n) is 9.09. The van der Waals surface area contributed by atoms with Crippen LogP contribution in [0.5, 0.6) is 0 Å². The molecule has 15 heavy (non-hydrogen) atoms. The minimum atomic E-state index is -0.399. The summed E-state index contributed by atoms with van der Waals surface area (Å²) in [4.78, 5) is 11.7. The number of amides is 1. The zero-order chi connectivity index (χ0) is 10.7. The maximum atomic E-state index is 11.7. The van der Waals surface area contributed by atoms with Gasteiger partial charge in [-0.3, -0.25) is 4.79 Å². The fourth-order valence-electron chi connectivity index (χ4n) is 2.18. The number of hydrogen-bond acceptors (Lipinski definition) is 3. The highest BCUT2D eigenvalue weighted by molar-refractivity contribution is 5.77. The van der Waals surface area contributed by atoms with Gasteiger partial charge in [0.25, 0.3) is 0 Å². The van der Waals surface area contributed by atoms with Crippen molar-refractivity contribution in [2.24, 2.45) is 5.92 Å². The van der Waals surface area contributed by atoms with E-state index in [0.717, 1.165) is 19.4 Å². The molecule has 1 aliphatic carbocycles. The van der Waals surface area contributed by atoms with Crippen LogP contribution >= 0.6 is 0 Å². The van der Waals surface area contributed by atoms with Crippen LogP contribution in [-0.2, 0) is 4.79 Å². The van der Waals surface area contributed by atoms with E-state index in [9.17, 15) is 9.90 Å². The molecule has 0 aromatic rings. The number of aliphatic hydroxyl groups excluding tert-OH is 1. The van der Waals surface area contributed by atoms with Gasteiger partial charge in [0, 0.05) is 13.0 Å². The first-order chi connectivity index (χ1) is 7.24. The molecule has 1 heterocycles. The maximum absolute atomic E-state index is 11.7. The van der Waals surface area contributed by atoms with E-state index < -0.39 is 5.54 Å². The average Bonchev–Trinajstić information content (AvgIpc) is 3.03. The van der Waals surface area contributed by atoms with Crippen molar-refractivity contribution >= 4 is 5.91 Å². The number of hydrogen-bond donors (Lipinski definition) is 3. The lowest BCUT2D eigenvalue weighted by molar-refractivity contribution is -0.124. The van der Waals surface area contributed by atoms with Gasteiger partial charge < -0.3 is 15.7 Å². The lowest BCUT2D eigenvalue weighted by Gasteiger charge is -2.36. The van der Waals surface area contributed by atoms with Crippen LogP contribution < -0.4 is 10.6 Å². The van der Waals surface area contributed by atoms with Crippen LogP contribution in [0.15, 0.2) is 0 Å². The summed E-state index contributed by atoms with van der Waals surface area (Å²) >= 11 is 0. The molecular formula is C11H20N2O2. The molecule has 1 aliphatic heterocycles. The van der Waals surface area contributed by atoms with Crippen molar-refractivity contribution in [3.63, 3.8) is 0 Å². The highest BCUT2D eigenvalue weighted by Gasteiger charge is 2.34. The van der Waals surface area contributed by atoms with Crippen LogP contribution in [0.1, 0.15) is 32.1 Å². The molecule has 0 radical (unpaired) electrons. The molecule has 4 heteroatoms. The molecule has 3 N–H and O–H groups in total. The highest BCUT2D eigenvalue weighted by Crippen LogP contribution is 2.32. The lowest BCUT2D eigenvalue weighted by atomic mass is 9.90. The van der Waals surface area contributed by atoms with E-state index in [1.165, 1.54) is 12.8 Å². The van der Waals surface area contributed by atoms with Crippen LogP contribution in [0.2, 0.25) is 0 Å². The minimum Gasteiger partial charge on any atom is -0.394 e. The Morgan fingerprint density at radius 3 is 2.87 bits per heavy atom. The van der Waals surface area contributed by atoms with Gasteiger partial charge in [0.1, 0.15) is 0 Å². The summed E-state index contributed by atoms with van der Waals surface area (Å²) in [5.74, 6) is 0.715. The number of nitrogens with one attached hydrogen (secondary N) is 2. The minimum absolute atomic E-state index is 0.0381. The molecule has 86 valence electrons. The molecule has 0 bridgehead atoms. The first-order valence-corrected chi connectivity index (χ1v) is 5.87. The monoisotopic (exact) mass is 212 g/mol. The maximum Gasteiger partial charge on any atom is 0.220 e. The molecule has 1 saturated carbocycles. The highest BCUT2D eigenvalue weighted by atomic mass is 16.3. The summed E-state index contributed by atoms with van der Waals surface area (Å²) in [5, 5.41) is 15.6. The zero-order valence-corrected chi connectivity index (χ0v) is 9.09.